The molecule has 4 aliphatic rings. The average molecular weight is 418 g/mol. The van der Waals surface area contributed by atoms with Crippen LogP contribution >= 0.6 is 0 Å². The highest BCUT2D eigenvalue weighted by Crippen LogP contribution is 2.44. The molecule has 4 saturated heterocycles. The summed E-state index contributed by atoms with van der Waals surface area (Å²) in [7, 11) is -3.70. The van der Waals surface area contributed by atoms with Crippen LogP contribution in [-0.2, 0) is 23.8 Å². The first-order valence-electron chi connectivity index (χ1n) is 9.74. The molecule has 4 bridgehead atoms. The molecule has 0 spiro atoms. The second-order valence-corrected chi connectivity index (χ2v) is 9.81. The molecule has 6 unspecified atom stereocenters. The van der Waals surface area contributed by atoms with Gasteiger partial charge in [0.15, 0.2) is 5.78 Å². The van der Waals surface area contributed by atoms with E-state index < -0.39 is 28.1 Å². The Morgan fingerprint density at radius 3 is 2.79 bits per heavy atom. The fourth-order valence-electron chi connectivity index (χ4n) is 5.20. The van der Waals surface area contributed by atoms with Crippen molar-refractivity contribution in [2.75, 3.05) is 12.8 Å². The van der Waals surface area contributed by atoms with E-state index in [1.54, 1.807) is 6.20 Å². The maximum Gasteiger partial charge on any atom is 0.340 e. The molecule has 1 aromatic heterocycles. The summed E-state index contributed by atoms with van der Waals surface area (Å²) in [6.45, 7) is 0.312. The average Bonchev–Trinajstić information content (AvgIpc) is 3.08. The van der Waals surface area contributed by atoms with Crippen LogP contribution in [0.2, 0.25) is 0 Å². The van der Waals surface area contributed by atoms with Gasteiger partial charge < -0.3 is 9.72 Å². The number of carbonyl (C=O) groups excluding carboxylic acids is 2. The van der Waals surface area contributed by atoms with E-state index in [2.05, 4.69) is 4.98 Å². The number of nitrogens with one attached hydrogen (secondary N) is 1. The third-order valence-corrected chi connectivity index (χ3v) is 6.93. The highest BCUT2D eigenvalue weighted by Gasteiger charge is 2.56. The Bertz CT molecular complexity index is 1090. The summed E-state index contributed by atoms with van der Waals surface area (Å²) >= 11 is 0. The van der Waals surface area contributed by atoms with Crippen LogP contribution in [0.1, 0.15) is 29.6 Å². The van der Waals surface area contributed by atoms with Crippen molar-refractivity contribution in [1.29, 1.82) is 0 Å². The van der Waals surface area contributed by atoms with Crippen molar-refractivity contribution in [3.8, 4) is 0 Å². The van der Waals surface area contributed by atoms with E-state index in [9.17, 15) is 18.0 Å². The van der Waals surface area contributed by atoms with Crippen LogP contribution in [0.15, 0.2) is 30.5 Å². The molecule has 29 heavy (non-hydrogen) atoms. The lowest BCUT2D eigenvalue weighted by Gasteiger charge is -2.57. The molecule has 0 saturated carbocycles. The lowest BCUT2D eigenvalue weighted by molar-refractivity contribution is -0.163. The predicted molar refractivity (Wildman–Crippen MR) is 104 cm³/mol. The monoisotopic (exact) mass is 418 g/mol. The number of nitrogens with zero attached hydrogens (tertiary/aromatic N) is 1. The van der Waals surface area contributed by atoms with Crippen LogP contribution in [0.3, 0.4) is 0 Å². The van der Waals surface area contributed by atoms with Gasteiger partial charge in [-0.2, -0.15) is 8.42 Å². The van der Waals surface area contributed by atoms with Gasteiger partial charge in [0.05, 0.1) is 18.4 Å². The van der Waals surface area contributed by atoms with Gasteiger partial charge in [-0.1, -0.05) is 18.2 Å². The third kappa shape index (κ3) is 3.27. The minimum atomic E-state index is -3.70. The number of ether oxygens (including phenoxy) is 1. The van der Waals surface area contributed by atoms with Crippen molar-refractivity contribution in [2.24, 2.45) is 5.92 Å². The van der Waals surface area contributed by atoms with Gasteiger partial charge >= 0.3 is 5.97 Å². The first-order chi connectivity index (χ1) is 13.8. The molecule has 5 heterocycles. The van der Waals surface area contributed by atoms with Crippen LogP contribution in [-0.4, -0.2) is 67.1 Å². The number of carbonyl (C=O) groups is 2. The highest BCUT2D eigenvalue weighted by atomic mass is 32.2. The fraction of sp³-hybridized carbons (Fsp3) is 0.500. The molecule has 154 valence electrons. The van der Waals surface area contributed by atoms with Gasteiger partial charge in [0.1, 0.15) is 12.2 Å². The highest BCUT2D eigenvalue weighted by molar-refractivity contribution is 7.86. The molecule has 8 nitrogen and oxygen atoms in total. The predicted octanol–water partition coefficient (Wildman–Crippen LogP) is 1.47. The minimum absolute atomic E-state index is 0.0281. The molecule has 2 aromatic rings. The van der Waals surface area contributed by atoms with Crippen molar-refractivity contribution in [2.45, 2.75) is 43.6 Å². The summed E-state index contributed by atoms with van der Waals surface area (Å²) in [6, 6.07) is 7.36. The van der Waals surface area contributed by atoms with E-state index in [0.29, 0.717) is 31.4 Å². The molecule has 1 aromatic carbocycles. The first kappa shape index (κ1) is 18.8. The number of aromatic amines is 1. The molecule has 9 heteroatoms. The number of piperidine rings is 4. The largest absolute Gasteiger partial charge is 0.459 e. The van der Waals surface area contributed by atoms with E-state index >= 15 is 0 Å². The minimum Gasteiger partial charge on any atom is -0.459 e. The number of aromatic nitrogens is 1. The zero-order valence-electron chi connectivity index (χ0n) is 15.9. The van der Waals surface area contributed by atoms with Gasteiger partial charge in [-0.05, 0) is 12.5 Å². The lowest BCUT2D eigenvalue weighted by Crippen LogP contribution is -2.70. The zero-order valence-corrected chi connectivity index (χ0v) is 16.7. The van der Waals surface area contributed by atoms with Crippen LogP contribution in [0.4, 0.5) is 0 Å². The third-order valence-electron chi connectivity index (χ3n) is 6.36. The van der Waals surface area contributed by atoms with Crippen molar-refractivity contribution < 1.29 is 26.9 Å². The van der Waals surface area contributed by atoms with Crippen molar-refractivity contribution >= 4 is 32.8 Å². The number of rotatable bonds is 4. The van der Waals surface area contributed by atoms with Crippen LogP contribution < -0.4 is 0 Å². The normalized spacial score (nSPS) is 33.8. The van der Waals surface area contributed by atoms with E-state index in [0.717, 1.165) is 17.2 Å². The molecule has 4 aliphatic heterocycles. The number of benzene rings is 1. The van der Waals surface area contributed by atoms with Gasteiger partial charge in [0.2, 0.25) is 0 Å². The Morgan fingerprint density at radius 1 is 1.21 bits per heavy atom. The van der Waals surface area contributed by atoms with Crippen LogP contribution in [0, 0.1) is 5.92 Å². The molecular weight excluding hydrogens is 396 g/mol. The van der Waals surface area contributed by atoms with Gasteiger partial charge in [-0.25, -0.2) is 4.79 Å². The number of H-pyrrole nitrogens is 1. The summed E-state index contributed by atoms with van der Waals surface area (Å²) in [5, 5.41) is 0.806. The number of hydrogen-bond donors (Lipinski definition) is 1. The van der Waals surface area contributed by atoms with Crippen molar-refractivity contribution in [3.05, 3.63) is 36.0 Å². The number of para-hydroxylation sites is 1. The fourth-order valence-corrected chi connectivity index (χ4v) is 5.87. The number of esters is 1. The molecule has 1 N–H and O–H groups in total. The Hall–Kier alpha value is -2.23. The van der Waals surface area contributed by atoms with E-state index in [4.69, 9.17) is 8.92 Å². The number of fused-ring (bicyclic) bond motifs is 2. The maximum absolute atomic E-state index is 12.8. The topological polar surface area (TPSA) is 106 Å². The van der Waals surface area contributed by atoms with Gasteiger partial charge in [0, 0.05) is 47.9 Å². The molecule has 0 radical (unpaired) electrons. The van der Waals surface area contributed by atoms with Crippen LogP contribution in [0.25, 0.3) is 10.9 Å². The molecule has 0 amide bonds. The number of ketones is 1. The Labute approximate surface area is 168 Å². The van der Waals surface area contributed by atoms with Crippen molar-refractivity contribution in [3.63, 3.8) is 0 Å². The summed E-state index contributed by atoms with van der Waals surface area (Å²) in [6.07, 6.45) is 3.23. The lowest BCUT2D eigenvalue weighted by atomic mass is 9.70. The van der Waals surface area contributed by atoms with Gasteiger partial charge in [0.25, 0.3) is 10.1 Å². The molecule has 0 aliphatic carbocycles. The van der Waals surface area contributed by atoms with Crippen molar-refractivity contribution in [1.82, 2.24) is 9.88 Å². The number of Topliss-reactive ketones (excluding diaryl/α,β-unsaturated/α-hetero) is 1. The SMILES string of the molecule is CS(=O)(=O)OC1C2CC3CC(OC(=O)c4c[nH]c5ccccc45)CC1N3CC2=O. The summed E-state index contributed by atoms with van der Waals surface area (Å²) in [5.41, 5.74) is 1.35. The molecule has 6 atom stereocenters. The Kier molecular flexibility index (Phi) is 4.30. The Balaban J connectivity index is 1.36. The number of hydrogen-bond acceptors (Lipinski definition) is 7. The van der Waals surface area contributed by atoms with E-state index in [-0.39, 0.29) is 24.0 Å². The maximum atomic E-state index is 12.8. The quantitative estimate of drug-likeness (QED) is 0.592. The summed E-state index contributed by atoms with van der Waals surface area (Å²) in [4.78, 5) is 30.2. The van der Waals surface area contributed by atoms with E-state index in [1.807, 2.05) is 29.2 Å². The second-order valence-electron chi connectivity index (χ2n) is 8.21. The Morgan fingerprint density at radius 2 is 2.00 bits per heavy atom. The molecular formula is C20H22N2O6S. The van der Waals surface area contributed by atoms with E-state index in [1.165, 1.54) is 0 Å². The van der Waals surface area contributed by atoms with Gasteiger partial charge in [-0.3, -0.25) is 13.9 Å². The smallest absolute Gasteiger partial charge is 0.340 e. The standard InChI is InChI=1S/C20H22N2O6S/c1-29(25,26)28-19-14-7-11-6-12(8-17(19)22(11)10-18(14)23)27-20(24)15-9-21-16-5-3-2-4-13(15)16/h2-5,9,11-12,14,17,19,21H,6-8,10H2,1H3. The first-order valence-corrected chi connectivity index (χ1v) is 11.6. The summed E-state index contributed by atoms with van der Waals surface area (Å²) in [5.74, 6) is -0.778. The zero-order chi connectivity index (χ0) is 20.3. The van der Waals surface area contributed by atoms with Crippen LogP contribution in [0.5, 0.6) is 0 Å². The second kappa shape index (κ2) is 6.65. The van der Waals surface area contributed by atoms with Gasteiger partial charge in [-0.15, -0.1) is 0 Å². The molecule has 4 fully saturated rings. The summed E-state index contributed by atoms with van der Waals surface area (Å²) < 4.78 is 34.6. The molecule has 6 rings (SSSR count).